The highest BCUT2D eigenvalue weighted by atomic mass is 19.1. The maximum Gasteiger partial charge on any atom is 0.303 e. The summed E-state index contributed by atoms with van der Waals surface area (Å²) in [6.45, 7) is 0.613. The van der Waals surface area contributed by atoms with Gasteiger partial charge in [0, 0.05) is 25.7 Å². The number of aliphatic hydroxyl groups excluding tert-OH is 3. The standard InChI is InChI=1S/C28H35FN6O7/c1-16(37)41-26-24(35-14-20(31-32-35)17-6-5-7-18(29)12-17)25(39)23(15-36)42-27(26)28(40)34(13-19-10-11-30-33(19)2)21-8-3-4-9-22(21)38/h5-7,10-12,14,21-27,36,38-39H,3-4,8-9,13,15H2,1-2H3/t21-,22-,23?,24?,25?,26?,27?/m0/s1. The van der Waals surface area contributed by atoms with E-state index < -0.39 is 66.9 Å². The molecule has 0 spiro atoms. The Hall–Kier alpha value is -3.72. The Morgan fingerprint density at radius 3 is 2.67 bits per heavy atom. The van der Waals surface area contributed by atoms with Gasteiger partial charge < -0.3 is 29.7 Å². The average molecular weight is 587 g/mol. The molecule has 7 atom stereocenters. The number of hydrogen-bond donors (Lipinski definition) is 3. The van der Waals surface area contributed by atoms with E-state index in [2.05, 4.69) is 15.4 Å². The zero-order chi connectivity index (χ0) is 30.0. The quantitative estimate of drug-likeness (QED) is 0.321. The molecular formula is C28H35FN6O7. The number of benzene rings is 1. The van der Waals surface area contributed by atoms with Crippen molar-refractivity contribution >= 4 is 11.9 Å². The summed E-state index contributed by atoms with van der Waals surface area (Å²) in [6, 6.07) is 5.72. The number of amides is 1. The van der Waals surface area contributed by atoms with E-state index in [1.54, 1.807) is 30.1 Å². The highest BCUT2D eigenvalue weighted by Gasteiger charge is 2.53. The molecule has 3 aromatic rings. The molecule has 2 aromatic heterocycles. The molecule has 5 rings (SSSR count). The molecule has 42 heavy (non-hydrogen) atoms. The Bertz CT molecular complexity index is 1400. The zero-order valence-corrected chi connectivity index (χ0v) is 23.4. The van der Waals surface area contributed by atoms with Gasteiger partial charge >= 0.3 is 5.97 Å². The van der Waals surface area contributed by atoms with Crippen LogP contribution >= 0.6 is 0 Å². The van der Waals surface area contributed by atoms with Crippen LogP contribution in [0.4, 0.5) is 4.39 Å². The highest BCUT2D eigenvalue weighted by molar-refractivity contribution is 5.83. The van der Waals surface area contributed by atoms with Gasteiger partial charge in [0.1, 0.15) is 29.8 Å². The van der Waals surface area contributed by atoms with Crippen LogP contribution < -0.4 is 0 Å². The lowest BCUT2D eigenvalue weighted by atomic mass is 9.88. The summed E-state index contributed by atoms with van der Waals surface area (Å²) in [5.74, 6) is -1.80. The first-order valence-electron chi connectivity index (χ1n) is 13.9. The predicted octanol–water partition coefficient (Wildman–Crippen LogP) is 0.743. The number of aryl methyl sites for hydroxylation is 1. The Labute approximate surface area is 241 Å². The molecule has 13 nitrogen and oxygen atoms in total. The van der Waals surface area contributed by atoms with Crippen LogP contribution in [0.1, 0.15) is 44.3 Å². The van der Waals surface area contributed by atoms with Crippen molar-refractivity contribution in [1.29, 1.82) is 0 Å². The van der Waals surface area contributed by atoms with E-state index in [0.29, 0.717) is 24.1 Å². The second-order valence-corrected chi connectivity index (χ2v) is 10.8. The fourth-order valence-electron chi connectivity index (χ4n) is 5.83. The van der Waals surface area contributed by atoms with Gasteiger partial charge in [-0.2, -0.15) is 5.10 Å². The first-order valence-corrected chi connectivity index (χ1v) is 13.9. The first kappa shape index (κ1) is 29.8. The van der Waals surface area contributed by atoms with E-state index >= 15 is 0 Å². The van der Waals surface area contributed by atoms with Crippen LogP contribution in [0.15, 0.2) is 42.7 Å². The van der Waals surface area contributed by atoms with Gasteiger partial charge in [0.2, 0.25) is 0 Å². The number of nitrogens with zero attached hydrogens (tertiary/aromatic N) is 6. The smallest absolute Gasteiger partial charge is 0.303 e. The third-order valence-electron chi connectivity index (χ3n) is 7.98. The monoisotopic (exact) mass is 586 g/mol. The van der Waals surface area contributed by atoms with Gasteiger partial charge in [0.15, 0.2) is 12.2 Å². The number of esters is 1. The third kappa shape index (κ3) is 6.07. The summed E-state index contributed by atoms with van der Waals surface area (Å²) in [7, 11) is 1.74. The van der Waals surface area contributed by atoms with Crippen LogP contribution in [-0.2, 0) is 32.7 Å². The Morgan fingerprint density at radius 2 is 2.00 bits per heavy atom. The number of ether oxygens (including phenoxy) is 2. The molecule has 1 aromatic carbocycles. The Morgan fingerprint density at radius 1 is 1.21 bits per heavy atom. The molecule has 226 valence electrons. The molecule has 1 aliphatic carbocycles. The molecule has 1 saturated heterocycles. The molecule has 2 fully saturated rings. The zero-order valence-electron chi connectivity index (χ0n) is 23.4. The molecule has 3 heterocycles. The van der Waals surface area contributed by atoms with Crippen LogP contribution in [0.5, 0.6) is 0 Å². The number of carbonyl (C=O) groups is 2. The topological polar surface area (TPSA) is 165 Å². The van der Waals surface area contributed by atoms with Crippen LogP contribution in [0.25, 0.3) is 11.3 Å². The van der Waals surface area contributed by atoms with E-state index in [9.17, 15) is 29.3 Å². The summed E-state index contributed by atoms with van der Waals surface area (Å²) in [4.78, 5) is 28.2. The molecule has 5 unspecified atom stereocenters. The minimum absolute atomic E-state index is 0.0910. The molecule has 3 N–H and O–H groups in total. The van der Waals surface area contributed by atoms with E-state index in [4.69, 9.17) is 9.47 Å². The van der Waals surface area contributed by atoms with Gasteiger partial charge in [-0.3, -0.25) is 14.3 Å². The van der Waals surface area contributed by atoms with Crippen molar-refractivity contribution in [3.8, 4) is 11.3 Å². The van der Waals surface area contributed by atoms with Crippen LogP contribution in [0.3, 0.4) is 0 Å². The number of aliphatic hydroxyl groups is 3. The van der Waals surface area contributed by atoms with Gasteiger partial charge in [0.05, 0.1) is 37.2 Å². The fourth-order valence-corrected chi connectivity index (χ4v) is 5.83. The normalized spacial score (nSPS) is 27.9. The van der Waals surface area contributed by atoms with Crippen molar-refractivity contribution in [2.75, 3.05) is 6.61 Å². The fraction of sp³-hybridized carbons (Fsp3) is 0.536. The van der Waals surface area contributed by atoms with Crippen molar-refractivity contribution in [1.82, 2.24) is 29.7 Å². The molecule has 1 amide bonds. The molecular weight excluding hydrogens is 551 g/mol. The van der Waals surface area contributed by atoms with Gasteiger partial charge in [-0.05, 0) is 31.0 Å². The molecule has 14 heteroatoms. The van der Waals surface area contributed by atoms with Crippen molar-refractivity contribution in [3.05, 3.63) is 54.2 Å². The lowest BCUT2D eigenvalue weighted by Crippen LogP contribution is -2.63. The minimum atomic E-state index is -1.47. The van der Waals surface area contributed by atoms with Gasteiger partial charge in [-0.1, -0.05) is 30.2 Å². The summed E-state index contributed by atoms with van der Waals surface area (Å²) < 4.78 is 28.3. The van der Waals surface area contributed by atoms with Crippen LogP contribution in [0.2, 0.25) is 0 Å². The molecule has 2 aliphatic rings. The summed E-state index contributed by atoms with van der Waals surface area (Å²) in [5, 5.41) is 44.7. The van der Waals surface area contributed by atoms with E-state index in [-0.39, 0.29) is 12.2 Å². The van der Waals surface area contributed by atoms with Crippen LogP contribution in [0, 0.1) is 5.82 Å². The maximum absolute atomic E-state index is 14.4. The summed E-state index contributed by atoms with van der Waals surface area (Å²) in [6.07, 6.45) is -0.614. The highest BCUT2D eigenvalue weighted by Crippen LogP contribution is 2.35. The van der Waals surface area contributed by atoms with Gasteiger partial charge in [0.25, 0.3) is 5.91 Å². The number of carbonyl (C=O) groups excluding carboxylic acids is 2. The maximum atomic E-state index is 14.4. The summed E-state index contributed by atoms with van der Waals surface area (Å²) >= 11 is 0. The van der Waals surface area contributed by atoms with Crippen molar-refractivity contribution in [3.63, 3.8) is 0 Å². The number of rotatable bonds is 8. The van der Waals surface area contributed by atoms with E-state index in [1.165, 1.54) is 40.9 Å². The first-order chi connectivity index (χ1) is 20.2. The number of aromatic nitrogens is 5. The van der Waals surface area contributed by atoms with E-state index in [0.717, 1.165) is 12.8 Å². The summed E-state index contributed by atoms with van der Waals surface area (Å²) in [5.41, 5.74) is 1.40. The third-order valence-corrected chi connectivity index (χ3v) is 7.98. The van der Waals surface area contributed by atoms with Crippen molar-refractivity contribution in [2.45, 2.75) is 81.8 Å². The average Bonchev–Trinajstić information content (AvgIpc) is 3.61. The van der Waals surface area contributed by atoms with Gasteiger partial charge in [-0.15, -0.1) is 5.10 Å². The van der Waals surface area contributed by atoms with E-state index in [1.807, 2.05) is 0 Å². The van der Waals surface area contributed by atoms with Crippen molar-refractivity contribution < 1.29 is 38.8 Å². The minimum Gasteiger partial charge on any atom is -0.457 e. The number of halogens is 1. The SMILES string of the molecule is CC(=O)OC1C(C(=O)N(Cc2ccnn2C)[C@H]2CCCC[C@@H]2O)OC(CO)C(O)C1n1cc(-c2cccc(F)c2)nn1. The van der Waals surface area contributed by atoms with Gasteiger partial charge in [-0.25, -0.2) is 9.07 Å². The Kier molecular flexibility index (Phi) is 8.96. The Balaban J connectivity index is 1.54. The van der Waals surface area contributed by atoms with Crippen LogP contribution in [-0.4, -0.2) is 100 Å². The lowest BCUT2D eigenvalue weighted by molar-refractivity contribution is -0.222. The lowest BCUT2D eigenvalue weighted by Gasteiger charge is -2.46. The number of hydrogen-bond acceptors (Lipinski definition) is 10. The second kappa shape index (κ2) is 12.7. The molecule has 0 bridgehead atoms. The molecule has 0 radical (unpaired) electrons. The largest absolute Gasteiger partial charge is 0.457 e. The molecule has 1 aliphatic heterocycles. The second-order valence-electron chi connectivity index (χ2n) is 10.8. The van der Waals surface area contributed by atoms with Crippen molar-refractivity contribution in [2.24, 2.45) is 7.05 Å². The molecule has 1 saturated carbocycles. The predicted molar refractivity (Wildman–Crippen MR) is 144 cm³/mol.